The molecule has 12 heteroatoms. The van der Waals surface area contributed by atoms with Crippen LogP contribution in [0.25, 0.3) is 0 Å². The Morgan fingerprint density at radius 1 is 0.607 bits per heavy atom. The maximum Gasteiger partial charge on any atom is 0.394 e. The molecule has 0 spiro atoms. The van der Waals surface area contributed by atoms with E-state index in [1.807, 2.05) is 0 Å². The lowest BCUT2D eigenvalue weighted by atomic mass is 10.2. The molecular weight excluding hydrogens is 400 g/mol. The second kappa shape index (κ2) is 22.9. The van der Waals surface area contributed by atoms with Crippen molar-refractivity contribution in [2.75, 3.05) is 85.9 Å². The molecule has 0 aliphatic heterocycles. The molecule has 0 unspecified atom stereocenters. The summed E-state index contributed by atoms with van der Waals surface area (Å²) in [5.41, 5.74) is 0. The summed E-state index contributed by atoms with van der Waals surface area (Å²) in [6, 6.07) is 0. The predicted octanol–water partition coefficient (Wildman–Crippen LogP) is 0.0815. The normalized spacial score (nSPS) is 11.5. The van der Waals surface area contributed by atoms with Gasteiger partial charge in [0, 0.05) is 6.61 Å². The Morgan fingerprint density at radius 3 is 1.11 bits per heavy atom. The maximum absolute atomic E-state index is 8.74. The van der Waals surface area contributed by atoms with Crippen molar-refractivity contribution in [1.82, 2.24) is 0 Å². The first-order chi connectivity index (χ1) is 13.3. The van der Waals surface area contributed by atoms with Crippen molar-refractivity contribution in [2.45, 2.75) is 13.8 Å². The van der Waals surface area contributed by atoms with Gasteiger partial charge in [-0.15, -0.1) is 0 Å². The first-order valence-corrected chi connectivity index (χ1v) is 10.4. The van der Waals surface area contributed by atoms with Crippen molar-refractivity contribution < 1.29 is 51.1 Å². The minimum absolute atomic E-state index is 0.0417. The third-order valence-corrected chi connectivity index (χ3v) is 2.55. The van der Waals surface area contributed by atoms with Crippen LogP contribution >= 0.6 is 0 Å². The second-order valence-electron chi connectivity index (χ2n) is 5.70. The summed E-state index contributed by atoms with van der Waals surface area (Å²) in [4.78, 5) is 0. The van der Waals surface area contributed by atoms with E-state index in [4.69, 9.17) is 51.1 Å². The fourth-order valence-electron chi connectivity index (χ4n) is 1.48. The SMILES string of the molecule is CC(C)COCCOCCOCCOCCOCCOCCO.O=S(=O)(O)O. The highest BCUT2D eigenvalue weighted by atomic mass is 32.3. The van der Waals surface area contributed by atoms with E-state index in [0.29, 0.717) is 78.6 Å². The van der Waals surface area contributed by atoms with Gasteiger partial charge in [-0.25, -0.2) is 0 Å². The van der Waals surface area contributed by atoms with Crippen LogP contribution < -0.4 is 0 Å². The topological polar surface area (TPSA) is 150 Å². The Labute approximate surface area is 167 Å². The molecule has 0 amide bonds. The van der Waals surface area contributed by atoms with E-state index in [0.717, 1.165) is 6.61 Å². The molecule has 0 heterocycles. The highest BCUT2D eigenvalue weighted by molar-refractivity contribution is 7.79. The average molecular weight is 437 g/mol. The Hall–Kier alpha value is -0.410. The molecule has 11 nitrogen and oxygen atoms in total. The van der Waals surface area contributed by atoms with E-state index in [2.05, 4.69) is 13.8 Å². The molecular formula is C16H36O11S. The zero-order valence-electron chi connectivity index (χ0n) is 16.8. The van der Waals surface area contributed by atoms with Gasteiger partial charge in [-0.05, 0) is 5.92 Å². The molecule has 0 rings (SSSR count). The van der Waals surface area contributed by atoms with Gasteiger partial charge in [-0.3, -0.25) is 9.11 Å². The van der Waals surface area contributed by atoms with Crippen LogP contribution in [0.4, 0.5) is 0 Å². The predicted molar refractivity (Wildman–Crippen MR) is 101 cm³/mol. The van der Waals surface area contributed by atoms with Gasteiger partial charge in [0.15, 0.2) is 0 Å². The van der Waals surface area contributed by atoms with Crippen molar-refractivity contribution in [1.29, 1.82) is 0 Å². The summed E-state index contributed by atoms with van der Waals surface area (Å²) in [7, 11) is -4.67. The standard InChI is InChI=1S/C16H34O7.H2O4S/c1-16(2)15-23-14-13-22-12-11-21-10-9-20-8-7-19-6-5-18-4-3-17;1-5(2,3)4/h16-17H,3-15H2,1-2H3;(H2,1,2,3,4). The highest BCUT2D eigenvalue weighted by Crippen LogP contribution is 1.91. The molecule has 0 aliphatic carbocycles. The Morgan fingerprint density at radius 2 is 0.857 bits per heavy atom. The minimum atomic E-state index is -4.67. The number of hydrogen-bond donors (Lipinski definition) is 3. The van der Waals surface area contributed by atoms with E-state index in [1.165, 1.54) is 0 Å². The van der Waals surface area contributed by atoms with Crippen molar-refractivity contribution >= 4 is 10.4 Å². The number of ether oxygens (including phenoxy) is 6. The highest BCUT2D eigenvalue weighted by Gasteiger charge is 1.95. The largest absolute Gasteiger partial charge is 0.394 e. The molecule has 0 aliphatic rings. The fraction of sp³-hybridized carbons (Fsp3) is 1.00. The van der Waals surface area contributed by atoms with Crippen LogP contribution in [0.1, 0.15) is 13.8 Å². The average Bonchev–Trinajstić information content (AvgIpc) is 2.59. The molecule has 172 valence electrons. The quantitative estimate of drug-likeness (QED) is 0.186. The summed E-state index contributed by atoms with van der Waals surface area (Å²) >= 11 is 0. The number of hydrogen-bond acceptors (Lipinski definition) is 9. The summed E-state index contributed by atoms with van der Waals surface area (Å²) in [5, 5.41) is 8.50. The molecule has 0 saturated carbocycles. The number of aliphatic hydroxyl groups excluding tert-OH is 1. The van der Waals surface area contributed by atoms with E-state index >= 15 is 0 Å². The number of aliphatic hydroxyl groups is 1. The first-order valence-electron chi connectivity index (χ1n) is 9.04. The van der Waals surface area contributed by atoms with E-state index in [-0.39, 0.29) is 6.61 Å². The lowest BCUT2D eigenvalue weighted by Gasteiger charge is -2.08. The smallest absolute Gasteiger partial charge is 0.394 e. The first kappa shape index (κ1) is 29.8. The summed E-state index contributed by atoms with van der Waals surface area (Å²) in [6.45, 7) is 10.9. The monoisotopic (exact) mass is 436 g/mol. The molecule has 0 atom stereocenters. The van der Waals surface area contributed by atoms with Gasteiger partial charge < -0.3 is 33.5 Å². The summed E-state index contributed by atoms with van der Waals surface area (Å²) in [6.07, 6.45) is 0. The van der Waals surface area contributed by atoms with E-state index < -0.39 is 10.4 Å². The Kier molecular flexibility index (Phi) is 24.3. The van der Waals surface area contributed by atoms with Crippen LogP contribution in [0.5, 0.6) is 0 Å². The number of rotatable bonds is 19. The van der Waals surface area contributed by atoms with Crippen molar-refractivity contribution in [2.24, 2.45) is 5.92 Å². The molecule has 0 saturated heterocycles. The lowest BCUT2D eigenvalue weighted by molar-refractivity contribution is -0.0191. The molecule has 0 bridgehead atoms. The zero-order chi connectivity index (χ0) is 21.5. The van der Waals surface area contributed by atoms with Crippen LogP contribution in [0, 0.1) is 5.92 Å². The molecule has 0 aromatic rings. The summed E-state index contributed by atoms with van der Waals surface area (Å²) < 4.78 is 63.4. The van der Waals surface area contributed by atoms with Gasteiger partial charge in [-0.2, -0.15) is 8.42 Å². The molecule has 0 aromatic heterocycles. The molecule has 0 aromatic carbocycles. The zero-order valence-corrected chi connectivity index (χ0v) is 17.6. The molecule has 0 radical (unpaired) electrons. The molecule has 28 heavy (non-hydrogen) atoms. The van der Waals surface area contributed by atoms with Gasteiger partial charge >= 0.3 is 10.4 Å². The van der Waals surface area contributed by atoms with Crippen molar-refractivity contribution in [3.8, 4) is 0 Å². The van der Waals surface area contributed by atoms with Crippen LogP contribution in [-0.2, 0) is 38.8 Å². The van der Waals surface area contributed by atoms with Crippen LogP contribution in [-0.4, -0.2) is 109 Å². The van der Waals surface area contributed by atoms with Crippen molar-refractivity contribution in [3.05, 3.63) is 0 Å². The van der Waals surface area contributed by atoms with Gasteiger partial charge in [-0.1, -0.05) is 13.8 Å². The van der Waals surface area contributed by atoms with E-state index in [9.17, 15) is 0 Å². The van der Waals surface area contributed by atoms with Crippen LogP contribution in [0.3, 0.4) is 0 Å². The Balaban J connectivity index is 0. The molecule has 3 N–H and O–H groups in total. The molecule has 0 fully saturated rings. The Bertz CT molecular complexity index is 382. The van der Waals surface area contributed by atoms with Gasteiger partial charge in [0.2, 0.25) is 0 Å². The summed E-state index contributed by atoms with van der Waals surface area (Å²) in [5.74, 6) is 0.559. The van der Waals surface area contributed by atoms with Crippen LogP contribution in [0.2, 0.25) is 0 Å². The second-order valence-corrected chi connectivity index (χ2v) is 6.60. The maximum atomic E-state index is 8.74. The lowest BCUT2D eigenvalue weighted by Crippen LogP contribution is -2.14. The fourth-order valence-corrected chi connectivity index (χ4v) is 1.48. The third kappa shape index (κ3) is 40.3. The van der Waals surface area contributed by atoms with Gasteiger partial charge in [0.05, 0.1) is 79.3 Å². The third-order valence-electron chi connectivity index (χ3n) is 2.55. The minimum Gasteiger partial charge on any atom is -0.394 e. The van der Waals surface area contributed by atoms with Gasteiger partial charge in [0.25, 0.3) is 0 Å². The van der Waals surface area contributed by atoms with Gasteiger partial charge in [0.1, 0.15) is 0 Å². The van der Waals surface area contributed by atoms with E-state index in [1.54, 1.807) is 0 Å². The van der Waals surface area contributed by atoms with Crippen LogP contribution in [0.15, 0.2) is 0 Å². The van der Waals surface area contributed by atoms with Crippen molar-refractivity contribution in [3.63, 3.8) is 0 Å².